The summed E-state index contributed by atoms with van der Waals surface area (Å²) in [4.78, 5) is 31.5. The Hall–Kier alpha value is -3.45. The largest absolute Gasteiger partial charge is 0.350 e. The van der Waals surface area contributed by atoms with E-state index in [0.717, 1.165) is 24.2 Å². The number of anilines is 1. The van der Waals surface area contributed by atoms with E-state index in [1.165, 1.54) is 11.1 Å². The minimum Gasteiger partial charge on any atom is -0.350 e. The molecule has 0 bridgehead atoms. The van der Waals surface area contributed by atoms with Crippen LogP contribution >= 0.6 is 0 Å². The quantitative estimate of drug-likeness (QED) is 0.637. The summed E-state index contributed by atoms with van der Waals surface area (Å²) in [6.07, 6.45) is 0.909. The van der Waals surface area contributed by atoms with Crippen LogP contribution in [0, 0.1) is 6.92 Å². The zero-order chi connectivity index (χ0) is 22.1. The van der Waals surface area contributed by atoms with E-state index in [-0.39, 0.29) is 17.6 Å². The number of aryl methyl sites for hydroxylation is 1. The summed E-state index contributed by atoms with van der Waals surface area (Å²) in [5, 5.41) is 4.07. The lowest BCUT2D eigenvalue weighted by Gasteiger charge is -2.34. The molecule has 3 aromatic rings. The topological polar surface area (TPSA) is 69.9 Å². The van der Waals surface area contributed by atoms with Gasteiger partial charge in [-0.25, -0.2) is 0 Å². The average Bonchev–Trinajstić information content (AvgIpc) is 3.47. The van der Waals surface area contributed by atoms with Gasteiger partial charge in [0.05, 0.1) is 6.54 Å². The number of amides is 2. The maximum Gasteiger partial charge on any atom is 0.292 e. The van der Waals surface area contributed by atoms with E-state index in [1.54, 1.807) is 11.0 Å². The van der Waals surface area contributed by atoms with Crippen LogP contribution in [-0.4, -0.2) is 66.0 Å². The average molecular weight is 431 g/mol. The first-order chi connectivity index (χ1) is 15.6. The molecule has 2 aliphatic heterocycles. The van der Waals surface area contributed by atoms with Crippen molar-refractivity contribution in [2.45, 2.75) is 13.3 Å². The molecule has 0 unspecified atom stereocenters. The van der Waals surface area contributed by atoms with Crippen molar-refractivity contribution in [2.75, 3.05) is 44.2 Å². The van der Waals surface area contributed by atoms with Crippen LogP contribution in [0.1, 0.15) is 21.7 Å². The molecule has 0 N–H and O–H groups in total. The molecule has 7 heteroatoms. The van der Waals surface area contributed by atoms with Crippen molar-refractivity contribution in [1.82, 2.24) is 15.0 Å². The second-order valence-electron chi connectivity index (χ2n) is 8.43. The summed E-state index contributed by atoms with van der Waals surface area (Å²) in [5.74, 6) is 0.210. The Morgan fingerprint density at radius 3 is 2.50 bits per heavy atom. The summed E-state index contributed by atoms with van der Waals surface area (Å²) >= 11 is 0. The molecule has 7 nitrogen and oxygen atoms in total. The number of para-hydroxylation sites is 1. The van der Waals surface area contributed by atoms with Crippen molar-refractivity contribution in [1.29, 1.82) is 0 Å². The summed E-state index contributed by atoms with van der Waals surface area (Å²) < 4.78 is 5.34. The monoisotopic (exact) mass is 430 g/mol. The van der Waals surface area contributed by atoms with Gasteiger partial charge in [-0.2, -0.15) is 0 Å². The Morgan fingerprint density at radius 1 is 0.969 bits per heavy atom. The zero-order valence-electron chi connectivity index (χ0n) is 18.2. The van der Waals surface area contributed by atoms with Gasteiger partial charge in [0, 0.05) is 50.0 Å². The molecule has 0 radical (unpaired) electrons. The Bertz CT molecular complexity index is 1130. The molecule has 2 amide bonds. The molecule has 0 saturated carbocycles. The normalized spacial score (nSPS) is 16.3. The molecule has 0 aliphatic carbocycles. The second-order valence-corrected chi connectivity index (χ2v) is 8.43. The number of rotatable bonds is 4. The maximum absolute atomic E-state index is 12.9. The molecule has 5 rings (SSSR count). The highest BCUT2D eigenvalue weighted by atomic mass is 16.5. The number of benzene rings is 2. The van der Waals surface area contributed by atoms with Gasteiger partial charge >= 0.3 is 0 Å². The summed E-state index contributed by atoms with van der Waals surface area (Å²) in [5.41, 5.74) is 5.00. The Labute approximate surface area is 187 Å². The van der Waals surface area contributed by atoms with Gasteiger partial charge in [-0.15, -0.1) is 0 Å². The van der Waals surface area contributed by atoms with E-state index in [4.69, 9.17) is 4.52 Å². The van der Waals surface area contributed by atoms with E-state index in [2.05, 4.69) is 16.1 Å². The van der Waals surface area contributed by atoms with Crippen LogP contribution in [0.2, 0.25) is 0 Å². The molecular formula is C25H26N4O3. The van der Waals surface area contributed by atoms with Crippen LogP contribution in [-0.2, 0) is 11.2 Å². The molecule has 1 saturated heterocycles. The maximum atomic E-state index is 12.9. The van der Waals surface area contributed by atoms with Gasteiger partial charge in [0.15, 0.2) is 0 Å². The smallest absolute Gasteiger partial charge is 0.292 e. The summed E-state index contributed by atoms with van der Waals surface area (Å²) in [6, 6.07) is 17.7. The van der Waals surface area contributed by atoms with Crippen LogP contribution in [0.5, 0.6) is 0 Å². The van der Waals surface area contributed by atoms with Gasteiger partial charge < -0.3 is 14.3 Å². The highest BCUT2D eigenvalue weighted by Gasteiger charge is 2.29. The number of carbonyl (C=O) groups excluding carboxylic acids is 2. The number of hydrogen-bond donors (Lipinski definition) is 0. The summed E-state index contributed by atoms with van der Waals surface area (Å²) in [6.45, 7) is 5.57. The van der Waals surface area contributed by atoms with Crippen LogP contribution < -0.4 is 4.90 Å². The number of nitrogens with zero attached hydrogens (tertiary/aromatic N) is 4. The first-order valence-electron chi connectivity index (χ1n) is 11.0. The predicted octanol–water partition coefficient (Wildman–Crippen LogP) is 3.00. The molecule has 0 atom stereocenters. The van der Waals surface area contributed by atoms with Gasteiger partial charge in [-0.05, 0) is 25.0 Å². The van der Waals surface area contributed by atoms with Crippen molar-refractivity contribution in [2.24, 2.45) is 0 Å². The van der Waals surface area contributed by atoms with Gasteiger partial charge in [0.1, 0.15) is 5.69 Å². The molecule has 0 spiro atoms. The minimum absolute atomic E-state index is 0.118. The molecule has 2 aromatic carbocycles. The lowest BCUT2D eigenvalue weighted by molar-refractivity contribution is -0.120. The molecule has 3 heterocycles. The first-order valence-corrected chi connectivity index (χ1v) is 11.0. The lowest BCUT2D eigenvalue weighted by atomic mass is 10.1. The number of hydrogen-bond acceptors (Lipinski definition) is 5. The highest BCUT2D eigenvalue weighted by molar-refractivity contribution is 5.97. The van der Waals surface area contributed by atoms with Crippen molar-refractivity contribution >= 4 is 17.5 Å². The molecule has 32 heavy (non-hydrogen) atoms. The lowest BCUT2D eigenvalue weighted by Crippen LogP contribution is -2.51. The SMILES string of the molecule is Cc1ccc(-c2cc(C(=O)N3CCN(CC(=O)N4CCc5ccccc54)CC3)on2)cc1. The van der Waals surface area contributed by atoms with E-state index >= 15 is 0 Å². The van der Waals surface area contributed by atoms with E-state index in [9.17, 15) is 9.59 Å². The van der Waals surface area contributed by atoms with E-state index in [1.807, 2.05) is 54.3 Å². The third-order valence-electron chi connectivity index (χ3n) is 6.27. The standard InChI is InChI=1S/C25H26N4O3/c1-18-6-8-19(9-7-18)21-16-23(32-26-21)25(31)28-14-12-27(13-15-28)17-24(30)29-11-10-20-4-2-3-5-22(20)29/h2-9,16H,10-15,17H2,1H3. The Kier molecular flexibility index (Phi) is 5.49. The molecule has 1 aromatic heterocycles. The van der Waals surface area contributed by atoms with Crippen LogP contribution in [0.3, 0.4) is 0 Å². The van der Waals surface area contributed by atoms with Crippen molar-refractivity contribution in [3.63, 3.8) is 0 Å². The van der Waals surface area contributed by atoms with Gasteiger partial charge in [-0.3, -0.25) is 14.5 Å². The third kappa shape index (κ3) is 4.03. The van der Waals surface area contributed by atoms with Crippen LogP contribution in [0.15, 0.2) is 59.1 Å². The minimum atomic E-state index is -0.157. The van der Waals surface area contributed by atoms with Gasteiger partial charge in [-0.1, -0.05) is 53.2 Å². The fourth-order valence-corrected chi connectivity index (χ4v) is 4.38. The number of aromatic nitrogens is 1. The molecular weight excluding hydrogens is 404 g/mol. The molecule has 164 valence electrons. The number of piperazine rings is 1. The van der Waals surface area contributed by atoms with Crippen molar-refractivity contribution in [3.05, 3.63) is 71.5 Å². The highest BCUT2D eigenvalue weighted by Crippen LogP contribution is 2.27. The second kappa shape index (κ2) is 8.59. The Morgan fingerprint density at radius 2 is 1.72 bits per heavy atom. The van der Waals surface area contributed by atoms with Crippen LogP contribution in [0.4, 0.5) is 5.69 Å². The van der Waals surface area contributed by atoms with Crippen LogP contribution in [0.25, 0.3) is 11.3 Å². The number of fused-ring (bicyclic) bond motifs is 1. The first kappa shape index (κ1) is 20.5. The zero-order valence-corrected chi connectivity index (χ0v) is 18.2. The van der Waals surface area contributed by atoms with Crippen molar-refractivity contribution in [3.8, 4) is 11.3 Å². The number of carbonyl (C=O) groups is 2. The predicted molar refractivity (Wildman–Crippen MR) is 122 cm³/mol. The third-order valence-corrected chi connectivity index (χ3v) is 6.27. The fraction of sp³-hybridized carbons (Fsp3) is 0.320. The summed E-state index contributed by atoms with van der Waals surface area (Å²) in [7, 11) is 0. The molecule has 1 fully saturated rings. The van der Waals surface area contributed by atoms with Gasteiger partial charge in [0.25, 0.3) is 5.91 Å². The Balaban J connectivity index is 1.16. The molecule has 2 aliphatic rings. The van der Waals surface area contributed by atoms with E-state index < -0.39 is 0 Å². The fourth-order valence-electron chi connectivity index (χ4n) is 4.38. The van der Waals surface area contributed by atoms with Gasteiger partial charge in [0.2, 0.25) is 11.7 Å². The van der Waals surface area contributed by atoms with E-state index in [0.29, 0.717) is 38.4 Å². The van der Waals surface area contributed by atoms with Crippen molar-refractivity contribution < 1.29 is 14.1 Å².